The molecule has 2 aliphatic rings. The van der Waals surface area contributed by atoms with Crippen LogP contribution in [0.3, 0.4) is 0 Å². The maximum absolute atomic E-state index is 6.85. The van der Waals surface area contributed by atoms with Gasteiger partial charge in [-0.3, -0.25) is 0 Å². The molecule has 0 aromatic heterocycles. The number of thioether (sulfide) groups is 1. The summed E-state index contributed by atoms with van der Waals surface area (Å²) in [5.41, 5.74) is 2.71. The fourth-order valence-electron chi connectivity index (χ4n) is 3.51. The van der Waals surface area contributed by atoms with Gasteiger partial charge in [-0.2, -0.15) is 11.8 Å². The van der Waals surface area contributed by atoms with E-state index in [1.807, 2.05) is 0 Å². The zero-order chi connectivity index (χ0) is 14.2. The Balaban J connectivity index is 2.08. The molecule has 1 aromatic carbocycles. The molecule has 1 aliphatic carbocycles. The maximum Gasteiger partial charge on any atom is 0.185 e. The van der Waals surface area contributed by atoms with E-state index in [2.05, 4.69) is 67.8 Å². The van der Waals surface area contributed by atoms with Crippen LogP contribution in [0.5, 0.6) is 0 Å². The van der Waals surface area contributed by atoms with Crippen molar-refractivity contribution in [1.82, 2.24) is 0 Å². The Bertz CT molecular complexity index is 514. The van der Waals surface area contributed by atoms with Crippen LogP contribution < -0.4 is 0 Å². The molecule has 1 aliphatic heterocycles. The van der Waals surface area contributed by atoms with Crippen LogP contribution in [0.15, 0.2) is 30.3 Å². The van der Waals surface area contributed by atoms with Gasteiger partial charge in [0, 0.05) is 5.92 Å². The molecule has 1 heterocycles. The fourth-order valence-corrected chi connectivity index (χ4v) is 6.30. The Labute approximate surface area is 127 Å². The molecule has 0 saturated carbocycles. The smallest absolute Gasteiger partial charge is 0.185 e. The summed E-state index contributed by atoms with van der Waals surface area (Å²) < 4.78 is 6.85. The van der Waals surface area contributed by atoms with Crippen molar-refractivity contribution in [1.29, 1.82) is 0 Å². The monoisotopic (exact) mass is 304 g/mol. The third-order valence-corrected chi connectivity index (χ3v) is 6.35. The Morgan fingerprint density at radius 1 is 1.25 bits per heavy atom. The van der Waals surface area contributed by atoms with Crippen LogP contribution in [0.25, 0.3) is 6.08 Å². The lowest BCUT2D eigenvalue weighted by Crippen LogP contribution is -2.47. The van der Waals surface area contributed by atoms with Gasteiger partial charge < -0.3 is 4.43 Å². The van der Waals surface area contributed by atoms with E-state index in [-0.39, 0.29) is 5.60 Å². The molecule has 2 unspecified atom stereocenters. The molecular weight excluding hydrogens is 280 g/mol. The van der Waals surface area contributed by atoms with Gasteiger partial charge in [0.15, 0.2) is 8.32 Å². The van der Waals surface area contributed by atoms with Gasteiger partial charge in [-0.25, -0.2) is 0 Å². The average molecular weight is 305 g/mol. The summed E-state index contributed by atoms with van der Waals surface area (Å²) in [6.07, 6.45) is 6.92. The zero-order valence-electron chi connectivity index (χ0n) is 12.7. The van der Waals surface area contributed by atoms with Crippen molar-refractivity contribution in [2.24, 2.45) is 5.92 Å². The number of benzene rings is 1. The molecule has 20 heavy (non-hydrogen) atoms. The van der Waals surface area contributed by atoms with Crippen LogP contribution >= 0.6 is 11.8 Å². The highest BCUT2D eigenvalue weighted by Crippen LogP contribution is 2.49. The highest BCUT2D eigenvalue weighted by molar-refractivity contribution is 7.99. The van der Waals surface area contributed by atoms with Crippen LogP contribution in [0.4, 0.5) is 0 Å². The predicted octanol–water partition coefficient (Wildman–Crippen LogP) is 4.90. The summed E-state index contributed by atoms with van der Waals surface area (Å²) >= 11 is 2.09. The molecule has 0 radical (unpaired) electrons. The molecule has 0 bridgehead atoms. The normalized spacial score (nSPS) is 29.4. The van der Waals surface area contributed by atoms with E-state index in [4.69, 9.17) is 4.43 Å². The van der Waals surface area contributed by atoms with Crippen LogP contribution in [-0.4, -0.2) is 19.8 Å². The summed E-state index contributed by atoms with van der Waals surface area (Å²) in [6, 6.07) is 8.83. The molecule has 0 spiro atoms. The lowest BCUT2D eigenvalue weighted by molar-refractivity contribution is 0.00672. The summed E-state index contributed by atoms with van der Waals surface area (Å²) in [6.45, 7) is 6.95. The van der Waals surface area contributed by atoms with Gasteiger partial charge in [0.1, 0.15) is 0 Å². The SMILES string of the molecule is C[Si](C)(C)OC1(C2CCSC2)CC=Cc2ccccc21. The van der Waals surface area contributed by atoms with E-state index in [0.29, 0.717) is 5.92 Å². The van der Waals surface area contributed by atoms with Crippen LogP contribution in [0.1, 0.15) is 24.0 Å². The van der Waals surface area contributed by atoms with Gasteiger partial charge in [0.05, 0.1) is 5.60 Å². The summed E-state index contributed by atoms with van der Waals surface area (Å²) in [4.78, 5) is 0. The Kier molecular flexibility index (Phi) is 3.86. The fraction of sp³-hybridized carbons (Fsp3) is 0.529. The van der Waals surface area contributed by atoms with Gasteiger partial charge in [0.25, 0.3) is 0 Å². The van der Waals surface area contributed by atoms with E-state index in [1.165, 1.54) is 29.1 Å². The molecule has 1 fully saturated rings. The van der Waals surface area contributed by atoms with E-state index >= 15 is 0 Å². The van der Waals surface area contributed by atoms with Crippen molar-refractivity contribution in [3.8, 4) is 0 Å². The Hall–Kier alpha value is -0.513. The minimum absolute atomic E-state index is 0.0701. The molecule has 3 heteroatoms. The van der Waals surface area contributed by atoms with Crippen molar-refractivity contribution in [3.05, 3.63) is 41.5 Å². The lowest BCUT2D eigenvalue weighted by atomic mass is 9.74. The minimum Gasteiger partial charge on any atom is -0.407 e. The Morgan fingerprint density at radius 2 is 2.05 bits per heavy atom. The number of fused-ring (bicyclic) bond motifs is 1. The van der Waals surface area contributed by atoms with E-state index in [9.17, 15) is 0 Å². The van der Waals surface area contributed by atoms with E-state index in [0.717, 1.165) is 6.42 Å². The first-order valence-corrected chi connectivity index (χ1v) is 12.1. The second-order valence-corrected chi connectivity index (χ2v) is 12.4. The molecule has 3 rings (SSSR count). The zero-order valence-corrected chi connectivity index (χ0v) is 14.5. The van der Waals surface area contributed by atoms with Gasteiger partial charge in [-0.1, -0.05) is 36.4 Å². The second kappa shape index (κ2) is 5.36. The molecule has 108 valence electrons. The van der Waals surface area contributed by atoms with Gasteiger partial charge in [-0.05, 0) is 55.1 Å². The second-order valence-electron chi connectivity index (χ2n) is 6.86. The molecular formula is C17H24OSSi. The van der Waals surface area contributed by atoms with Crippen LogP contribution in [0, 0.1) is 5.92 Å². The van der Waals surface area contributed by atoms with Crippen molar-refractivity contribution in [3.63, 3.8) is 0 Å². The van der Waals surface area contributed by atoms with E-state index in [1.54, 1.807) is 0 Å². The van der Waals surface area contributed by atoms with Crippen molar-refractivity contribution in [2.45, 2.75) is 38.1 Å². The third kappa shape index (κ3) is 2.63. The highest BCUT2D eigenvalue weighted by Gasteiger charge is 2.46. The maximum atomic E-state index is 6.85. The number of hydrogen-bond acceptors (Lipinski definition) is 2. The lowest BCUT2D eigenvalue weighted by Gasteiger charge is -2.45. The first kappa shape index (κ1) is 14.4. The largest absolute Gasteiger partial charge is 0.407 e. The molecule has 0 N–H and O–H groups in total. The number of hydrogen-bond donors (Lipinski definition) is 0. The van der Waals surface area contributed by atoms with Crippen molar-refractivity contribution in [2.75, 3.05) is 11.5 Å². The Morgan fingerprint density at radius 3 is 2.75 bits per heavy atom. The first-order valence-electron chi connectivity index (χ1n) is 7.55. The topological polar surface area (TPSA) is 9.23 Å². The van der Waals surface area contributed by atoms with Crippen molar-refractivity contribution < 1.29 is 4.43 Å². The first-order chi connectivity index (χ1) is 9.51. The standard InChI is InChI=1S/C17H24OSSi/c1-20(2,3)18-17(15-10-12-19-13-15)11-6-8-14-7-4-5-9-16(14)17/h4-9,15H,10-13H2,1-3H3. The van der Waals surface area contributed by atoms with Crippen LogP contribution in [-0.2, 0) is 10.0 Å². The van der Waals surface area contributed by atoms with Crippen molar-refractivity contribution >= 4 is 26.2 Å². The average Bonchev–Trinajstić information content (AvgIpc) is 2.91. The molecule has 1 aromatic rings. The quantitative estimate of drug-likeness (QED) is 0.734. The third-order valence-electron chi connectivity index (χ3n) is 4.21. The summed E-state index contributed by atoms with van der Waals surface area (Å²) in [7, 11) is -1.60. The molecule has 1 saturated heterocycles. The summed E-state index contributed by atoms with van der Waals surface area (Å²) in [5.74, 6) is 3.19. The summed E-state index contributed by atoms with van der Waals surface area (Å²) in [5, 5.41) is 0. The molecule has 0 amide bonds. The van der Waals surface area contributed by atoms with Gasteiger partial charge in [0.2, 0.25) is 0 Å². The highest BCUT2D eigenvalue weighted by atomic mass is 32.2. The van der Waals surface area contributed by atoms with Gasteiger partial charge >= 0.3 is 0 Å². The minimum atomic E-state index is -1.60. The molecule has 2 atom stereocenters. The number of rotatable bonds is 3. The van der Waals surface area contributed by atoms with Gasteiger partial charge in [-0.15, -0.1) is 0 Å². The van der Waals surface area contributed by atoms with Crippen LogP contribution in [0.2, 0.25) is 19.6 Å². The molecule has 1 nitrogen and oxygen atoms in total. The van der Waals surface area contributed by atoms with E-state index < -0.39 is 8.32 Å². The predicted molar refractivity (Wildman–Crippen MR) is 91.6 cm³/mol.